The van der Waals surface area contributed by atoms with E-state index in [9.17, 15) is 10.5 Å². The molecule has 0 amide bonds. The standard InChI is InChI=1S/C53H54N4/c1-12-38(33-54)17-16-37(5)56(41(13-2)15-14-30-52(6,7)8)48-31-35(3)44-27-29-47-49(32-36(4)45-26-28-46(48)50(44)51(45)47)57(42-22-18-39(34-55)19-23-42)43-24-20-40(21-25-43)53(9,10)11/h12-29,31-32H,1,30H2,2-11H3/b15-14-,37-16+,38-17+,41-13+. The topological polar surface area (TPSA) is 54.1 Å². The monoisotopic (exact) mass is 746 g/mol. The molecule has 57 heavy (non-hydrogen) atoms. The molecule has 4 heteroatoms. The Kier molecular flexibility index (Phi) is 11.3. The minimum absolute atomic E-state index is 0.0214. The van der Waals surface area contributed by atoms with Crippen LogP contribution in [-0.2, 0) is 5.41 Å². The zero-order chi connectivity index (χ0) is 41.2. The van der Waals surface area contributed by atoms with Crippen molar-refractivity contribution in [3.05, 3.63) is 167 Å². The number of nitriles is 2. The van der Waals surface area contributed by atoms with E-state index in [1.54, 1.807) is 6.08 Å². The molecule has 4 nitrogen and oxygen atoms in total. The Hall–Kier alpha value is -6.36. The highest BCUT2D eigenvalue weighted by atomic mass is 15.2. The van der Waals surface area contributed by atoms with Crippen molar-refractivity contribution in [2.24, 2.45) is 5.41 Å². The van der Waals surface area contributed by atoms with Crippen LogP contribution in [0.2, 0.25) is 0 Å². The lowest BCUT2D eigenvalue weighted by Gasteiger charge is -2.31. The molecule has 0 atom stereocenters. The van der Waals surface area contributed by atoms with Crippen LogP contribution in [-0.4, -0.2) is 0 Å². The van der Waals surface area contributed by atoms with Crippen molar-refractivity contribution >= 4 is 55.1 Å². The van der Waals surface area contributed by atoms with E-state index in [2.05, 4.69) is 177 Å². The van der Waals surface area contributed by atoms with E-state index in [0.717, 1.165) is 51.3 Å². The molecule has 0 radical (unpaired) electrons. The average Bonchev–Trinajstić information content (AvgIpc) is 3.18. The molecule has 6 rings (SSSR count). The van der Waals surface area contributed by atoms with Crippen molar-refractivity contribution in [3.63, 3.8) is 0 Å². The lowest BCUT2D eigenvalue weighted by Crippen LogP contribution is -2.20. The van der Waals surface area contributed by atoms with Gasteiger partial charge in [-0.05, 0) is 150 Å². The van der Waals surface area contributed by atoms with Crippen LogP contribution in [0.25, 0.3) is 32.3 Å². The van der Waals surface area contributed by atoms with Crippen LogP contribution < -0.4 is 9.80 Å². The number of allylic oxidation sites excluding steroid dienone is 8. The molecule has 6 aromatic rings. The summed E-state index contributed by atoms with van der Waals surface area (Å²) >= 11 is 0. The SMILES string of the molecule is C=C/C(C#N)=C\C=C(/C)N(C(/C=C\CC(C)(C)C)=C/C)c1cc(C)c2ccc3c(N(c4ccc(C#N)cc4)c4ccc(C(C)(C)C)cc4)cc(C)c4ccc1c2c43. The van der Waals surface area contributed by atoms with E-state index in [1.807, 2.05) is 36.4 Å². The van der Waals surface area contributed by atoms with Crippen LogP contribution in [0.1, 0.15) is 84.1 Å². The lowest BCUT2D eigenvalue weighted by molar-refractivity contribution is 0.420. The molecule has 286 valence electrons. The Balaban J connectivity index is 1.67. The Labute approximate surface area is 340 Å². The first-order chi connectivity index (χ1) is 27.1. The molecule has 0 saturated heterocycles. The molecule has 0 heterocycles. The second kappa shape index (κ2) is 16.0. The van der Waals surface area contributed by atoms with Crippen LogP contribution in [0.5, 0.6) is 0 Å². The lowest BCUT2D eigenvalue weighted by atomic mass is 9.87. The van der Waals surface area contributed by atoms with Gasteiger partial charge in [0.25, 0.3) is 0 Å². The Morgan fingerprint density at radius 1 is 0.719 bits per heavy atom. The van der Waals surface area contributed by atoms with Crippen molar-refractivity contribution in [1.29, 1.82) is 10.5 Å². The van der Waals surface area contributed by atoms with Crippen LogP contribution in [0, 0.1) is 41.9 Å². The fraction of sp³-hybridized carbons (Fsp3) is 0.245. The third-order valence-corrected chi connectivity index (χ3v) is 10.8. The summed E-state index contributed by atoms with van der Waals surface area (Å²) < 4.78 is 0. The van der Waals surface area contributed by atoms with Gasteiger partial charge in [-0.2, -0.15) is 10.5 Å². The number of hydrogen-bond acceptors (Lipinski definition) is 4. The number of benzene rings is 6. The second-order valence-corrected chi connectivity index (χ2v) is 17.2. The van der Waals surface area contributed by atoms with Crippen molar-refractivity contribution < 1.29 is 0 Å². The number of aryl methyl sites for hydroxylation is 2. The van der Waals surface area contributed by atoms with Gasteiger partial charge in [0.15, 0.2) is 0 Å². The van der Waals surface area contributed by atoms with Crippen molar-refractivity contribution in [3.8, 4) is 12.1 Å². The molecule has 0 saturated carbocycles. The second-order valence-electron chi connectivity index (χ2n) is 17.2. The molecule has 0 spiro atoms. The largest absolute Gasteiger partial charge is 0.314 e. The highest BCUT2D eigenvalue weighted by Crippen LogP contribution is 2.48. The van der Waals surface area contributed by atoms with Crippen molar-refractivity contribution in [1.82, 2.24) is 0 Å². The molecular formula is C53H54N4. The van der Waals surface area contributed by atoms with Gasteiger partial charge in [0.05, 0.1) is 34.6 Å². The quantitative estimate of drug-likeness (QED) is 0.0796. The summed E-state index contributed by atoms with van der Waals surface area (Å²) in [6.45, 7) is 25.9. The summed E-state index contributed by atoms with van der Waals surface area (Å²) in [5.41, 5.74) is 11.2. The maximum atomic E-state index is 9.70. The summed E-state index contributed by atoms with van der Waals surface area (Å²) in [5.74, 6) is 0. The smallest absolute Gasteiger partial charge is 0.0991 e. The molecule has 0 unspecified atom stereocenters. The van der Waals surface area contributed by atoms with Gasteiger partial charge in [0.1, 0.15) is 0 Å². The Morgan fingerprint density at radius 2 is 1.25 bits per heavy atom. The normalized spacial score (nSPS) is 13.1. The number of anilines is 4. The summed E-state index contributed by atoms with van der Waals surface area (Å²) in [5, 5.41) is 26.5. The summed E-state index contributed by atoms with van der Waals surface area (Å²) in [4.78, 5) is 4.65. The van der Waals surface area contributed by atoms with Crippen LogP contribution in [0.3, 0.4) is 0 Å². The predicted molar refractivity (Wildman–Crippen MR) is 245 cm³/mol. The van der Waals surface area contributed by atoms with Crippen LogP contribution >= 0.6 is 0 Å². The van der Waals surface area contributed by atoms with Crippen molar-refractivity contribution in [2.45, 2.75) is 81.1 Å². The third-order valence-electron chi connectivity index (χ3n) is 10.8. The number of rotatable bonds is 10. The first-order valence-electron chi connectivity index (χ1n) is 19.8. The van der Waals surface area contributed by atoms with E-state index in [4.69, 9.17) is 0 Å². The molecule has 6 aromatic carbocycles. The highest BCUT2D eigenvalue weighted by molar-refractivity contribution is 6.29. The van der Waals surface area contributed by atoms with E-state index in [-0.39, 0.29) is 10.8 Å². The first kappa shape index (κ1) is 40.3. The fourth-order valence-electron chi connectivity index (χ4n) is 7.70. The molecule has 0 aliphatic carbocycles. The van der Waals surface area contributed by atoms with Gasteiger partial charge in [0, 0.05) is 33.5 Å². The summed E-state index contributed by atoms with van der Waals surface area (Å²) in [6.07, 6.45) is 13.0. The minimum atomic E-state index is 0.0214. The van der Waals surface area contributed by atoms with Crippen LogP contribution in [0.15, 0.2) is 145 Å². The Bertz CT molecular complexity index is 2670. The number of nitrogens with zero attached hydrogens (tertiary/aromatic N) is 4. The fourth-order valence-corrected chi connectivity index (χ4v) is 7.70. The van der Waals surface area contributed by atoms with Gasteiger partial charge >= 0.3 is 0 Å². The van der Waals surface area contributed by atoms with Gasteiger partial charge in [-0.15, -0.1) is 0 Å². The number of hydrogen-bond donors (Lipinski definition) is 0. The molecular weight excluding hydrogens is 693 g/mol. The Morgan fingerprint density at radius 3 is 1.74 bits per heavy atom. The summed E-state index contributed by atoms with van der Waals surface area (Å²) in [7, 11) is 0. The minimum Gasteiger partial charge on any atom is -0.314 e. The predicted octanol–water partition coefficient (Wildman–Crippen LogP) is 15.1. The van der Waals surface area contributed by atoms with Crippen LogP contribution in [0.4, 0.5) is 22.7 Å². The molecule has 0 aliphatic heterocycles. The zero-order valence-electron chi connectivity index (χ0n) is 35.3. The maximum absolute atomic E-state index is 9.70. The van der Waals surface area contributed by atoms with E-state index >= 15 is 0 Å². The molecule has 0 aromatic heterocycles. The maximum Gasteiger partial charge on any atom is 0.0991 e. The molecule has 0 bridgehead atoms. The van der Waals surface area contributed by atoms with Gasteiger partial charge in [-0.3, -0.25) is 0 Å². The first-order valence-corrected chi connectivity index (χ1v) is 19.8. The van der Waals surface area contributed by atoms with Gasteiger partial charge in [-0.1, -0.05) is 103 Å². The van der Waals surface area contributed by atoms with E-state index in [0.29, 0.717) is 11.1 Å². The van der Waals surface area contributed by atoms with Gasteiger partial charge in [0.2, 0.25) is 0 Å². The molecule has 0 fully saturated rings. The zero-order valence-corrected chi connectivity index (χ0v) is 35.3. The highest BCUT2D eigenvalue weighted by Gasteiger charge is 2.24. The van der Waals surface area contributed by atoms with E-state index in [1.165, 1.54) is 38.2 Å². The summed E-state index contributed by atoms with van der Waals surface area (Å²) in [6, 6.07) is 35.0. The molecule has 0 aliphatic rings. The van der Waals surface area contributed by atoms with Gasteiger partial charge < -0.3 is 9.80 Å². The van der Waals surface area contributed by atoms with Crippen molar-refractivity contribution in [2.75, 3.05) is 9.80 Å². The molecule has 0 N–H and O–H groups in total. The average molecular weight is 747 g/mol. The third kappa shape index (κ3) is 8.14. The van der Waals surface area contributed by atoms with E-state index < -0.39 is 0 Å². The van der Waals surface area contributed by atoms with Gasteiger partial charge in [-0.25, -0.2) is 0 Å².